The quantitative estimate of drug-likeness (QED) is 0.717. The van der Waals surface area contributed by atoms with E-state index < -0.39 is 5.79 Å². The van der Waals surface area contributed by atoms with Gasteiger partial charge in [0, 0.05) is 11.8 Å². The highest BCUT2D eigenvalue weighted by atomic mass is 32.2. The molecule has 2 N–H and O–H groups in total. The number of hydrogen-bond donors (Lipinski definition) is 1. The van der Waals surface area contributed by atoms with Crippen LogP contribution in [0.4, 0.5) is 0 Å². The first-order valence-electron chi connectivity index (χ1n) is 4.11. The fourth-order valence-corrected chi connectivity index (χ4v) is 1.83. The van der Waals surface area contributed by atoms with Crippen LogP contribution >= 0.6 is 11.8 Å². The van der Waals surface area contributed by atoms with Crippen molar-refractivity contribution in [3.63, 3.8) is 0 Å². The Morgan fingerprint density at radius 3 is 2.75 bits per heavy atom. The molecule has 0 aromatic carbocycles. The second kappa shape index (κ2) is 3.96. The molecule has 0 aliphatic carbocycles. The van der Waals surface area contributed by atoms with Gasteiger partial charge < -0.3 is 15.2 Å². The second-order valence-corrected chi connectivity index (χ2v) is 4.40. The van der Waals surface area contributed by atoms with Crippen molar-refractivity contribution in [2.45, 2.75) is 31.8 Å². The maximum Gasteiger partial charge on any atom is 0.163 e. The van der Waals surface area contributed by atoms with Gasteiger partial charge >= 0.3 is 0 Å². The van der Waals surface area contributed by atoms with Crippen LogP contribution in [0.5, 0.6) is 0 Å². The van der Waals surface area contributed by atoms with Crippen LogP contribution in [0.2, 0.25) is 0 Å². The van der Waals surface area contributed by atoms with Gasteiger partial charge in [-0.3, -0.25) is 0 Å². The van der Waals surface area contributed by atoms with E-state index in [-0.39, 0.29) is 12.1 Å². The van der Waals surface area contributed by atoms with Crippen molar-refractivity contribution in [1.29, 1.82) is 0 Å². The van der Waals surface area contributed by atoms with Crippen molar-refractivity contribution in [2.24, 2.45) is 5.73 Å². The topological polar surface area (TPSA) is 44.5 Å². The van der Waals surface area contributed by atoms with Crippen LogP contribution in [0.3, 0.4) is 0 Å². The molecule has 1 aliphatic heterocycles. The Morgan fingerprint density at radius 1 is 1.67 bits per heavy atom. The molecule has 1 heterocycles. The van der Waals surface area contributed by atoms with Crippen molar-refractivity contribution < 1.29 is 9.47 Å². The van der Waals surface area contributed by atoms with Crippen LogP contribution in [-0.4, -0.2) is 36.5 Å². The number of thioether (sulfide) groups is 1. The smallest absolute Gasteiger partial charge is 0.163 e. The fourth-order valence-electron chi connectivity index (χ4n) is 1.23. The highest BCUT2D eigenvalue weighted by Gasteiger charge is 2.35. The molecule has 3 nitrogen and oxygen atoms in total. The van der Waals surface area contributed by atoms with Crippen LogP contribution in [-0.2, 0) is 9.47 Å². The largest absolute Gasteiger partial charge is 0.348 e. The Morgan fingerprint density at radius 2 is 2.33 bits per heavy atom. The van der Waals surface area contributed by atoms with Crippen molar-refractivity contribution >= 4 is 11.8 Å². The molecule has 0 aromatic rings. The predicted molar refractivity (Wildman–Crippen MR) is 51.3 cm³/mol. The molecule has 1 aliphatic rings. The van der Waals surface area contributed by atoms with Crippen LogP contribution in [0, 0.1) is 0 Å². The SMILES string of the molecule is CSC[C@@H](N)[C@@H]1COC(C)(C)O1. The van der Waals surface area contributed by atoms with Gasteiger partial charge in [0.25, 0.3) is 0 Å². The molecule has 0 saturated carbocycles. The summed E-state index contributed by atoms with van der Waals surface area (Å²) in [5.41, 5.74) is 5.88. The average molecular weight is 191 g/mol. The van der Waals surface area contributed by atoms with E-state index in [1.54, 1.807) is 11.8 Å². The monoisotopic (exact) mass is 191 g/mol. The molecule has 4 heteroatoms. The van der Waals surface area contributed by atoms with E-state index in [2.05, 4.69) is 0 Å². The first-order chi connectivity index (χ1) is 5.55. The Balaban J connectivity index is 2.36. The molecule has 0 radical (unpaired) electrons. The molecule has 0 spiro atoms. The molecule has 1 fully saturated rings. The summed E-state index contributed by atoms with van der Waals surface area (Å²) in [4.78, 5) is 0. The summed E-state index contributed by atoms with van der Waals surface area (Å²) in [5, 5.41) is 0. The minimum Gasteiger partial charge on any atom is -0.348 e. The van der Waals surface area contributed by atoms with Gasteiger partial charge in [-0.05, 0) is 20.1 Å². The van der Waals surface area contributed by atoms with Crippen LogP contribution in [0.25, 0.3) is 0 Å². The minimum absolute atomic E-state index is 0.0625. The van der Waals surface area contributed by atoms with E-state index in [1.165, 1.54) is 0 Å². The van der Waals surface area contributed by atoms with Gasteiger partial charge in [0.2, 0.25) is 0 Å². The van der Waals surface area contributed by atoms with E-state index in [0.717, 1.165) is 5.75 Å². The van der Waals surface area contributed by atoms with Gasteiger partial charge in [-0.15, -0.1) is 0 Å². The highest BCUT2D eigenvalue weighted by Crippen LogP contribution is 2.24. The normalized spacial score (nSPS) is 30.5. The van der Waals surface area contributed by atoms with Gasteiger partial charge in [-0.25, -0.2) is 0 Å². The molecule has 1 rings (SSSR count). The lowest BCUT2D eigenvalue weighted by molar-refractivity contribution is -0.139. The minimum atomic E-state index is -0.444. The van der Waals surface area contributed by atoms with Gasteiger partial charge in [-0.1, -0.05) is 0 Å². The predicted octanol–water partition coefficient (Wildman–Crippen LogP) is 0.828. The van der Waals surface area contributed by atoms with Crippen molar-refractivity contribution in [3.05, 3.63) is 0 Å². The Hall–Kier alpha value is 0.230. The number of ether oxygens (including phenoxy) is 2. The Bertz CT molecular complexity index is 152. The summed E-state index contributed by atoms with van der Waals surface area (Å²) < 4.78 is 11.0. The lowest BCUT2D eigenvalue weighted by Gasteiger charge is -2.20. The lowest BCUT2D eigenvalue weighted by atomic mass is 10.2. The van der Waals surface area contributed by atoms with Crippen molar-refractivity contribution in [1.82, 2.24) is 0 Å². The Labute approximate surface area is 78.0 Å². The standard InChI is InChI=1S/C8H17NO2S/c1-8(2)10-4-7(11-8)6(9)5-12-3/h6-7H,4-5,9H2,1-3H3/t6-,7+/m1/s1. The summed E-state index contributed by atoms with van der Waals surface area (Å²) >= 11 is 1.74. The molecule has 2 atom stereocenters. The summed E-state index contributed by atoms with van der Waals surface area (Å²) in [6.45, 7) is 4.45. The zero-order chi connectivity index (χ0) is 9.19. The van der Waals surface area contributed by atoms with Gasteiger partial charge in [0.05, 0.1) is 6.61 Å². The highest BCUT2D eigenvalue weighted by molar-refractivity contribution is 7.98. The van der Waals surface area contributed by atoms with E-state index in [4.69, 9.17) is 15.2 Å². The third-order valence-electron chi connectivity index (χ3n) is 1.87. The van der Waals surface area contributed by atoms with E-state index >= 15 is 0 Å². The summed E-state index contributed by atoms with van der Waals surface area (Å²) in [7, 11) is 0. The maximum atomic E-state index is 5.88. The molecule has 0 amide bonds. The van der Waals surface area contributed by atoms with Crippen LogP contribution in [0.1, 0.15) is 13.8 Å². The molecule has 1 saturated heterocycles. The number of rotatable bonds is 3. The van der Waals surface area contributed by atoms with Gasteiger partial charge in [0.15, 0.2) is 5.79 Å². The summed E-state index contributed by atoms with van der Waals surface area (Å²) in [6.07, 6.45) is 2.10. The third-order valence-corrected chi connectivity index (χ3v) is 2.59. The second-order valence-electron chi connectivity index (χ2n) is 3.49. The molecule has 0 aromatic heterocycles. The zero-order valence-corrected chi connectivity index (χ0v) is 8.69. The van der Waals surface area contributed by atoms with Crippen molar-refractivity contribution in [2.75, 3.05) is 18.6 Å². The lowest BCUT2D eigenvalue weighted by Crippen LogP contribution is -2.39. The average Bonchev–Trinajstić information content (AvgIpc) is 2.31. The van der Waals surface area contributed by atoms with E-state index in [0.29, 0.717) is 6.61 Å². The fraction of sp³-hybridized carbons (Fsp3) is 1.00. The molecule has 0 unspecified atom stereocenters. The van der Waals surface area contributed by atoms with E-state index in [1.807, 2.05) is 20.1 Å². The van der Waals surface area contributed by atoms with E-state index in [9.17, 15) is 0 Å². The maximum absolute atomic E-state index is 5.88. The first-order valence-corrected chi connectivity index (χ1v) is 5.51. The third kappa shape index (κ3) is 2.62. The van der Waals surface area contributed by atoms with Crippen LogP contribution in [0.15, 0.2) is 0 Å². The van der Waals surface area contributed by atoms with Crippen LogP contribution < -0.4 is 5.73 Å². The van der Waals surface area contributed by atoms with Gasteiger partial charge in [-0.2, -0.15) is 11.8 Å². The molecule has 0 bridgehead atoms. The molecule has 12 heavy (non-hydrogen) atoms. The van der Waals surface area contributed by atoms with Crippen molar-refractivity contribution in [3.8, 4) is 0 Å². The summed E-state index contributed by atoms with van der Waals surface area (Å²) in [5.74, 6) is 0.477. The first kappa shape index (κ1) is 10.3. The molecule has 72 valence electrons. The molecular weight excluding hydrogens is 174 g/mol. The number of nitrogens with two attached hydrogens (primary N) is 1. The molecular formula is C8H17NO2S. The Kier molecular flexibility index (Phi) is 3.40. The summed E-state index contributed by atoms with van der Waals surface area (Å²) in [6, 6.07) is 0.0850. The zero-order valence-electron chi connectivity index (χ0n) is 7.87. The number of hydrogen-bond acceptors (Lipinski definition) is 4. The van der Waals surface area contributed by atoms with Gasteiger partial charge in [0.1, 0.15) is 6.10 Å².